The van der Waals surface area contributed by atoms with Crippen LogP contribution >= 0.6 is 0 Å². The molecule has 1 aliphatic carbocycles. The molecule has 20 heavy (non-hydrogen) atoms. The Morgan fingerprint density at radius 1 is 1.15 bits per heavy atom. The molecule has 1 aromatic heterocycles. The van der Waals surface area contributed by atoms with E-state index in [1.54, 1.807) is 0 Å². The fraction of sp³-hybridized carbons (Fsp3) is 0.824. The lowest BCUT2D eigenvalue weighted by Crippen LogP contribution is -2.26. The van der Waals surface area contributed by atoms with Gasteiger partial charge in [-0.15, -0.1) is 0 Å². The molecule has 2 N–H and O–H groups in total. The fourth-order valence-corrected chi connectivity index (χ4v) is 3.39. The molecule has 1 aliphatic rings. The minimum absolute atomic E-state index is 0.00308. The molecule has 3 heteroatoms. The van der Waals surface area contributed by atoms with Crippen LogP contribution in [0.15, 0.2) is 0 Å². The van der Waals surface area contributed by atoms with E-state index in [-0.39, 0.29) is 5.54 Å². The van der Waals surface area contributed by atoms with Crippen LogP contribution in [0.4, 0.5) is 5.82 Å². The molecule has 114 valence electrons. The molecule has 0 spiro atoms. The van der Waals surface area contributed by atoms with E-state index in [0.29, 0.717) is 11.8 Å². The number of aromatic nitrogens is 2. The summed E-state index contributed by atoms with van der Waals surface area (Å²) in [7, 11) is 0. The van der Waals surface area contributed by atoms with Crippen LogP contribution in [0.3, 0.4) is 0 Å². The quantitative estimate of drug-likeness (QED) is 0.856. The van der Waals surface area contributed by atoms with Crippen LogP contribution in [0.5, 0.6) is 0 Å². The van der Waals surface area contributed by atoms with Crippen molar-refractivity contribution in [2.75, 3.05) is 5.73 Å². The SMILES string of the molecule is CC1CCC(c2nc(C(C)C)n(C(C)(C)C)c2N)CC1. The first-order valence-corrected chi connectivity index (χ1v) is 8.10. The second-order valence-electron chi connectivity index (χ2n) is 7.86. The fourth-order valence-electron chi connectivity index (χ4n) is 3.39. The molecule has 0 bridgehead atoms. The third kappa shape index (κ3) is 2.87. The molecule has 0 radical (unpaired) electrons. The van der Waals surface area contributed by atoms with Crippen molar-refractivity contribution < 1.29 is 0 Å². The van der Waals surface area contributed by atoms with Gasteiger partial charge in [0.2, 0.25) is 0 Å². The van der Waals surface area contributed by atoms with E-state index in [9.17, 15) is 0 Å². The maximum absolute atomic E-state index is 6.49. The molecule has 1 heterocycles. The van der Waals surface area contributed by atoms with Crippen LogP contribution in [-0.4, -0.2) is 9.55 Å². The molecule has 1 saturated carbocycles. The Balaban J connectivity index is 2.40. The van der Waals surface area contributed by atoms with Crippen molar-refractivity contribution in [2.45, 2.75) is 84.6 Å². The van der Waals surface area contributed by atoms with E-state index in [1.165, 1.54) is 25.7 Å². The lowest BCUT2D eigenvalue weighted by Gasteiger charge is -2.27. The Kier molecular flexibility index (Phi) is 4.17. The Morgan fingerprint density at radius 2 is 1.70 bits per heavy atom. The van der Waals surface area contributed by atoms with E-state index in [0.717, 1.165) is 23.3 Å². The van der Waals surface area contributed by atoms with Crippen LogP contribution < -0.4 is 5.73 Å². The Morgan fingerprint density at radius 3 is 2.10 bits per heavy atom. The lowest BCUT2D eigenvalue weighted by molar-refractivity contribution is 0.344. The molecule has 0 amide bonds. The normalized spacial score (nSPS) is 24.4. The molecule has 3 nitrogen and oxygen atoms in total. The van der Waals surface area contributed by atoms with Crippen LogP contribution in [0.25, 0.3) is 0 Å². The number of nitrogens with zero attached hydrogens (tertiary/aromatic N) is 2. The van der Waals surface area contributed by atoms with Crippen molar-refractivity contribution in [3.63, 3.8) is 0 Å². The summed E-state index contributed by atoms with van der Waals surface area (Å²) < 4.78 is 2.25. The van der Waals surface area contributed by atoms with Gasteiger partial charge in [-0.3, -0.25) is 0 Å². The maximum Gasteiger partial charge on any atom is 0.127 e. The predicted octanol–water partition coefficient (Wildman–Crippen LogP) is 4.64. The molecule has 1 aromatic rings. The Labute approximate surface area is 124 Å². The number of nitrogen functional groups attached to an aromatic ring is 1. The van der Waals surface area contributed by atoms with Gasteiger partial charge in [-0.2, -0.15) is 0 Å². The third-order valence-corrected chi connectivity index (χ3v) is 4.56. The molecule has 0 unspecified atom stereocenters. The summed E-state index contributed by atoms with van der Waals surface area (Å²) in [6, 6.07) is 0. The highest BCUT2D eigenvalue weighted by molar-refractivity contribution is 5.42. The van der Waals surface area contributed by atoms with Gasteiger partial charge >= 0.3 is 0 Å². The minimum atomic E-state index is -0.00308. The van der Waals surface area contributed by atoms with Gasteiger partial charge in [0, 0.05) is 17.4 Å². The molecular weight excluding hydrogens is 246 g/mol. The predicted molar refractivity (Wildman–Crippen MR) is 86.1 cm³/mol. The Bertz CT molecular complexity index is 457. The highest BCUT2D eigenvalue weighted by Gasteiger charge is 2.30. The first-order valence-electron chi connectivity index (χ1n) is 8.10. The van der Waals surface area contributed by atoms with Crippen molar-refractivity contribution in [3.05, 3.63) is 11.5 Å². The van der Waals surface area contributed by atoms with E-state index >= 15 is 0 Å². The summed E-state index contributed by atoms with van der Waals surface area (Å²) in [4.78, 5) is 4.96. The molecular formula is C17H31N3. The maximum atomic E-state index is 6.49. The van der Waals surface area contributed by atoms with Crippen molar-refractivity contribution in [1.29, 1.82) is 0 Å². The average Bonchev–Trinajstić information content (AvgIpc) is 2.68. The first-order chi connectivity index (χ1) is 9.21. The number of nitrogens with two attached hydrogens (primary N) is 1. The summed E-state index contributed by atoms with van der Waals surface area (Å²) in [6.45, 7) is 13.4. The molecule has 0 atom stereocenters. The summed E-state index contributed by atoms with van der Waals surface area (Å²) in [5.41, 5.74) is 7.65. The zero-order chi connectivity index (χ0) is 15.1. The topological polar surface area (TPSA) is 43.8 Å². The number of hydrogen-bond donors (Lipinski definition) is 1. The number of rotatable bonds is 2. The molecule has 0 aromatic carbocycles. The average molecular weight is 277 g/mol. The largest absolute Gasteiger partial charge is 0.384 e. The molecule has 0 aliphatic heterocycles. The van der Waals surface area contributed by atoms with E-state index in [2.05, 4.69) is 46.1 Å². The second-order valence-corrected chi connectivity index (χ2v) is 7.86. The van der Waals surface area contributed by atoms with Gasteiger partial charge in [0.25, 0.3) is 0 Å². The van der Waals surface area contributed by atoms with Gasteiger partial charge in [-0.05, 0) is 39.5 Å². The number of anilines is 1. The summed E-state index contributed by atoms with van der Waals surface area (Å²) in [5, 5.41) is 0. The van der Waals surface area contributed by atoms with Crippen molar-refractivity contribution in [3.8, 4) is 0 Å². The summed E-state index contributed by atoms with van der Waals surface area (Å²) >= 11 is 0. The smallest absolute Gasteiger partial charge is 0.127 e. The number of imidazole rings is 1. The molecule has 0 saturated heterocycles. The highest BCUT2D eigenvalue weighted by atomic mass is 15.2. The van der Waals surface area contributed by atoms with E-state index in [4.69, 9.17) is 10.7 Å². The van der Waals surface area contributed by atoms with Gasteiger partial charge < -0.3 is 10.3 Å². The summed E-state index contributed by atoms with van der Waals surface area (Å²) in [5.74, 6) is 3.88. The van der Waals surface area contributed by atoms with Crippen molar-refractivity contribution in [2.24, 2.45) is 5.92 Å². The standard InChI is InChI=1S/C17H31N3/c1-11(2)16-19-14(13-9-7-12(3)8-10-13)15(18)20(16)17(4,5)6/h11-13H,7-10,18H2,1-6H3. The second kappa shape index (κ2) is 5.42. The van der Waals surface area contributed by atoms with Gasteiger partial charge in [0.15, 0.2) is 0 Å². The lowest BCUT2D eigenvalue weighted by atomic mass is 9.81. The zero-order valence-corrected chi connectivity index (χ0v) is 14.0. The van der Waals surface area contributed by atoms with E-state index in [1.807, 2.05) is 0 Å². The van der Waals surface area contributed by atoms with E-state index < -0.39 is 0 Å². The minimum Gasteiger partial charge on any atom is -0.384 e. The van der Waals surface area contributed by atoms with Crippen molar-refractivity contribution >= 4 is 5.82 Å². The highest BCUT2D eigenvalue weighted by Crippen LogP contribution is 2.40. The van der Waals surface area contributed by atoms with Gasteiger partial charge in [-0.1, -0.05) is 33.6 Å². The monoisotopic (exact) mass is 277 g/mol. The van der Waals surface area contributed by atoms with Gasteiger partial charge in [-0.25, -0.2) is 4.98 Å². The van der Waals surface area contributed by atoms with Gasteiger partial charge in [0.1, 0.15) is 11.6 Å². The molecule has 2 rings (SSSR count). The van der Waals surface area contributed by atoms with Crippen molar-refractivity contribution in [1.82, 2.24) is 9.55 Å². The van der Waals surface area contributed by atoms with Crippen LogP contribution in [0.2, 0.25) is 0 Å². The summed E-state index contributed by atoms with van der Waals surface area (Å²) in [6.07, 6.45) is 5.10. The van der Waals surface area contributed by atoms with Gasteiger partial charge in [0.05, 0.1) is 5.69 Å². The zero-order valence-electron chi connectivity index (χ0n) is 14.0. The van der Waals surface area contributed by atoms with Crippen LogP contribution in [0, 0.1) is 5.92 Å². The number of hydrogen-bond acceptors (Lipinski definition) is 2. The third-order valence-electron chi connectivity index (χ3n) is 4.56. The van der Waals surface area contributed by atoms with Crippen LogP contribution in [-0.2, 0) is 5.54 Å². The molecule has 1 fully saturated rings. The Hall–Kier alpha value is -0.990. The van der Waals surface area contributed by atoms with Crippen LogP contribution in [0.1, 0.15) is 90.6 Å². The first kappa shape index (κ1) is 15.4.